The molecular weight excluding hydrogens is 345 g/mol. The first-order chi connectivity index (χ1) is 11.3. The Morgan fingerprint density at radius 3 is 2.71 bits per heavy atom. The molecule has 0 aliphatic carbocycles. The Morgan fingerprint density at radius 2 is 2.08 bits per heavy atom. The largest absolute Gasteiger partial charge is 0.436 e. The van der Waals surface area contributed by atoms with Gasteiger partial charge in [0, 0.05) is 24.7 Å². The van der Waals surface area contributed by atoms with Crippen molar-refractivity contribution in [3.05, 3.63) is 46.1 Å². The summed E-state index contributed by atoms with van der Waals surface area (Å²) in [5, 5.41) is 4.11. The van der Waals surface area contributed by atoms with E-state index in [2.05, 4.69) is 5.10 Å². The van der Waals surface area contributed by atoms with E-state index in [1.807, 2.05) is 6.07 Å². The first-order valence-electron chi connectivity index (χ1n) is 7.24. The van der Waals surface area contributed by atoms with Crippen LogP contribution in [0.1, 0.15) is 28.0 Å². The summed E-state index contributed by atoms with van der Waals surface area (Å²) in [6, 6.07) is 7.01. The van der Waals surface area contributed by atoms with Crippen LogP contribution in [0, 0.1) is 0 Å². The Hall–Kier alpha value is -2.22. The van der Waals surface area contributed by atoms with E-state index in [1.165, 1.54) is 4.68 Å². The molecule has 0 unspecified atom stereocenters. The van der Waals surface area contributed by atoms with Crippen molar-refractivity contribution >= 4 is 23.3 Å². The van der Waals surface area contributed by atoms with E-state index >= 15 is 0 Å². The number of nitrogens with zero attached hydrogens (tertiary/aromatic N) is 3. The topological polar surface area (TPSA) is 64.2 Å². The molecule has 2 aromatic rings. The van der Waals surface area contributed by atoms with Crippen LogP contribution in [0.2, 0.25) is 5.02 Å². The van der Waals surface area contributed by atoms with E-state index in [1.54, 1.807) is 23.1 Å². The fraction of sp³-hybridized carbons (Fsp3) is 0.333. The van der Waals surface area contributed by atoms with Crippen LogP contribution in [-0.4, -0.2) is 22.2 Å². The number of fused-ring (bicyclic) bond motifs is 1. The number of rotatable bonds is 3. The molecule has 1 aromatic heterocycles. The molecule has 1 aliphatic rings. The fourth-order valence-corrected chi connectivity index (χ4v) is 3.10. The molecule has 0 bridgehead atoms. The summed E-state index contributed by atoms with van der Waals surface area (Å²) in [7, 11) is 0. The predicted molar refractivity (Wildman–Crippen MR) is 82.9 cm³/mol. The minimum Gasteiger partial charge on any atom is -0.365 e. The highest BCUT2D eigenvalue weighted by Gasteiger charge is 2.42. The molecule has 1 amide bonds. The quantitative estimate of drug-likeness (QED) is 0.917. The van der Waals surface area contributed by atoms with Gasteiger partial charge in [-0.15, -0.1) is 0 Å². The van der Waals surface area contributed by atoms with E-state index in [-0.39, 0.29) is 5.82 Å². The van der Waals surface area contributed by atoms with Gasteiger partial charge in [-0.05, 0) is 24.1 Å². The highest BCUT2D eigenvalue weighted by atomic mass is 35.5. The van der Waals surface area contributed by atoms with Gasteiger partial charge in [0.15, 0.2) is 5.69 Å². The Balaban J connectivity index is 2.06. The van der Waals surface area contributed by atoms with Crippen LogP contribution in [-0.2, 0) is 19.3 Å². The van der Waals surface area contributed by atoms with Crippen molar-refractivity contribution in [2.24, 2.45) is 5.73 Å². The van der Waals surface area contributed by atoms with Crippen molar-refractivity contribution in [1.82, 2.24) is 9.78 Å². The summed E-state index contributed by atoms with van der Waals surface area (Å²) in [5.41, 5.74) is 4.23. The minimum absolute atomic E-state index is 0.112. The smallest absolute Gasteiger partial charge is 0.365 e. The fourth-order valence-electron chi connectivity index (χ4n) is 2.88. The predicted octanol–water partition coefficient (Wildman–Crippen LogP) is 3.06. The summed E-state index contributed by atoms with van der Waals surface area (Å²) in [5.74, 6) is -1.03. The average Bonchev–Trinajstić information content (AvgIpc) is 2.88. The lowest BCUT2D eigenvalue weighted by Gasteiger charge is -2.30. The molecule has 0 saturated carbocycles. The number of aryl methyl sites for hydroxylation is 1. The highest BCUT2D eigenvalue weighted by Crippen LogP contribution is 2.37. The van der Waals surface area contributed by atoms with E-state index in [4.69, 9.17) is 17.3 Å². The first-order valence-corrected chi connectivity index (χ1v) is 7.62. The third-order valence-electron chi connectivity index (χ3n) is 3.80. The molecule has 1 aromatic carbocycles. The third kappa shape index (κ3) is 3.06. The summed E-state index contributed by atoms with van der Waals surface area (Å²) < 4.78 is 40.8. The van der Waals surface area contributed by atoms with Crippen molar-refractivity contribution in [1.29, 1.82) is 0 Å². The number of hydrogen-bond acceptors (Lipinski definition) is 3. The molecule has 24 heavy (non-hydrogen) atoms. The summed E-state index contributed by atoms with van der Waals surface area (Å²) in [6.45, 7) is 1.11. The van der Waals surface area contributed by atoms with Crippen LogP contribution < -0.4 is 10.6 Å². The van der Waals surface area contributed by atoms with Gasteiger partial charge < -0.3 is 10.6 Å². The number of primary amides is 1. The van der Waals surface area contributed by atoms with E-state index < -0.39 is 23.3 Å². The van der Waals surface area contributed by atoms with Crippen molar-refractivity contribution in [2.75, 3.05) is 11.4 Å². The monoisotopic (exact) mass is 358 g/mol. The zero-order valence-electron chi connectivity index (χ0n) is 12.5. The van der Waals surface area contributed by atoms with Gasteiger partial charge in [0.2, 0.25) is 0 Å². The lowest BCUT2D eigenvalue weighted by atomic mass is 10.1. The van der Waals surface area contributed by atoms with E-state index in [9.17, 15) is 18.0 Å². The molecule has 2 N–H and O–H groups in total. The number of halogens is 4. The molecule has 9 heteroatoms. The number of nitrogens with two attached hydrogens (primary N) is 1. The van der Waals surface area contributed by atoms with Gasteiger partial charge in [0.05, 0.1) is 0 Å². The van der Waals surface area contributed by atoms with Crippen LogP contribution in [0.25, 0.3) is 0 Å². The Morgan fingerprint density at radius 1 is 1.33 bits per heavy atom. The van der Waals surface area contributed by atoms with Crippen LogP contribution in [0.4, 0.5) is 19.0 Å². The molecule has 0 saturated heterocycles. The van der Waals surface area contributed by atoms with Gasteiger partial charge in [-0.25, -0.2) is 4.68 Å². The van der Waals surface area contributed by atoms with E-state index in [0.29, 0.717) is 31.1 Å². The van der Waals surface area contributed by atoms with Crippen molar-refractivity contribution in [2.45, 2.75) is 25.7 Å². The number of benzene rings is 1. The number of hydrogen-bond donors (Lipinski definition) is 1. The van der Waals surface area contributed by atoms with Crippen molar-refractivity contribution in [3.8, 4) is 0 Å². The lowest BCUT2D eigenvalue weighted by Crippen LogP contribution is -2.33. The van der Waals surface area contributed by atoms with Gasteiger partial charge >= 0.3 is 6.18 Å². The molecule has 5 nitrogen and oxygen atoms in total. The normalized spacial score (nSPS) is 14.6. The maximum atomic E-state index is 13.2. The number of amides is 1. The molecule has 0 radical (unpaired) electrons. The lowest BCUT2D eigenvalue weighted by molar-refractivity contribution is -0.141. The van der Waals surface area contributed by atoms with Crippen molar-refractivity contribution < 1.29 is 18.0 Å². The second kappa shape index (κ2) is 6.01. The summed E-state index contributed by atoms with van der Waals surface area (Å²) in [4.78, 5) is 13.4. The van der Waals surface area contributed by atoms with Crippen LogP contribution in [0.15, 0.2) is 24.3 Å². The average molecular weight is 359 g/mol. The second-order valence-corrected chi connectivity index (χ2v) is 5.97. The number of carbonyl (C=O) groups is 1. The van der Waals surface area contributed by atoms with Crippen LogP contribution in [0.5, 0.6) is 0 Å². The number of anilines is 1. The Bertz CT molecular complexity index is 788. The van der Waals surface area contributed by atoms with Gasteiger partial charge in [-0.3, -0.25) is 4.79 Å². The number of alkyl halides is 3. The Kier molecular flexibility index (Phi) is 4.16. The third-order valence-corrected chi connectivity index (χ3v) is 4.04. The van der Waals surface area contributed by atoms with Gasteiger partial charge in [-0.1, -0.05) is 23.7 Å². The maximum absolute atomic E-state index is 13.2. The maximum Gasteiger partial charge on any atom is 0.436 e. The second-order valence-electron chi connectivity index (χ2n) is 5.54. The molecule has 128 valence electrons. The summed E-state index contributed by atoms with van der Waals surface area (Å²) >= 11 is 5.95. The molecule has 1 aliphatic heterocycles. The minimum atomic E-state index is -4.74. The number of carbonyl (C=O) groups excluding carboxylic acids is 1. The molecule has 3 rings (SSSR count). The standard InChI is InChI=1S/C15H14ClF3N4O/c16-10-4-1-3-9(7-10)8-22-5-2-6-23-14(22)11(13(20)24)12(21-23)15(17,18)19/h1,3-4,7H,2,5-6,8H2,(H2,20,24). The SMILES string of the molecule is NC(=O)c1c(C(F)(F)F)nn2c1N(Cc1cccc(Cl)c1)CCC2. The van der Waals surface area contributed by atoms with Gasteiger partial charge in [-0.2, -0.15) is 18.3 Å². The molecular formula is C15H14ClF3N4O. The molecule has 0 spiro atoms. The zero-order chi connectivity index (χ0) is 17.5. The van der Waals surface area contributed by atoms with E-state index in [0.717, 1.165) is 5.56 Å². The summed E-state index contributed by atoms with van der Waals surface area (Å²) in [6.07, 6.45) is -4.12. The van der Waals surface area contributed by atoms with Crippen LogP contribution in [0.3, 0.4) is 0 Å². The molecule has 0 fully saturated rings. The molecule has 0 atom stereocenters. The first kappa shape index (κ1) is 16.6. The van der Waals surface area contributed by atoms with Gasteiger partial charge in [0.25, 0.3) is 5.91 Å². The Labute approximate surface area is 140 Å². The highest BCUT2D eigenvalue weighted by molar-refractivity contribution is 6.30. The van der Waals surface area contributed by atoms with Crippen molar-refractivity contribution in [3.63, 3.8) is 0 Å². The zero-order valence-corrected chi connectivity index (χ0v) is 13.2. The van der Waals surface area contributed by atoms with Crippen LogP contribution >= 0.6 is 11.6 Å². The molecule has 2 heterocycles. The number of aromatic nitrogens is 2. The van der Waals surface area contributed by atoms with Gasteiger partial charge in [0.1, 0.15) is 11.4 Å².